The molecule has 0 heterocycles. The highest BCUT2D eigenvalue weighted by molar-refractivity contribution is 4.58. The average molecular weight is 187 g/mol. The molecule has 0 aromatic rings. The highest BCUT2D eigenvalue weighted by atomic mass is 14.6. The van der Waals surface area contributed by atoms with Crippen LogP contribution in [0.5, 0.6) is 0 Å². The van der Waals surface area contributed by atoms with E-state index < -0.39 is 0 Å². The van der Waals surface area contributed by atoms with Gasteiger partial charge in [0.15, 0.2) is 0 Å². The first-order chi connectivity index (χ1) is 6.22. The van der Waals surface area contributed by atoms with Crippen LogP contribution in [0.2, 0.25) is 0 Å². The summed E-state index contributed by atoms with van der Waals surface area (Å²) in [5.41, 5.74) is 5.77. The molecule has 1 atom stereocenters. The molecular weight excluding hydrogens is 158 g/mol. The van der Waals surface area contributed by atoms with Gasteiger partial charge in [0, 0.05) is 6.04 Å². The van der Waals surface area contributed by atoms with Crippen molar-refractivity contribution in [3.8, 4) is 0 Å². The van der Waals surface area contributed by atoms with Gasteiger partial charge in [-0.05, 0) is 12.8 Å². The van der Waals surface area contributed by atoms with Crippen LogP contribution in [0.3, 0.4) is 0 Å². The fourth-order valence-electron chi connectivity index (χ4n) is 0.981. The van der Waals surface area contributed by atoms with Crippen LogP contribution in [-0.4, -0.2) is 6.04 Å². The average Bonchev–Trinajstić information content (AvgIpc) is 2.16. The first kappa shape index (κ1) is 15.4. The summed E-state index contributed by atoms with van der Waals surface area (Å²) in [4.78, 5) is 0. The Kier molecular flexibility index (Phi) is 17.2. The normalized spacial score (nSPS) is 11.8. The van der Waals surface area contributed by atoms with E-state index in [1.165, 1.54) is 44.9 Å². The van der Waals surface area contributed by atoms with E-state index in [0.717, 1.165) is 0 Å². The van der Waals surface area contributed by atoms with E-state index in [0.29, 0.717) is 6.04 Å². The van der Waals surface area contributed by atoms with Crippen molar-refractivity contribution in [1.29, 1.82) is 0 Å². The Morgan fingerprint density at radius 2 is 1.31 bits per heavy atom. The first-order valence-corrected chi connectivity index (χ1v) is 5.98. The molecule has 0 amide bonds. The van der Waals surface area contributed by atoms with Gasteiger partial charge in [0.2, 0.25) is 0 Å². The van der Waals surface area contributed by atoms with Crippen molar-refractivity contribution >= 4 is 0 Å². The molecule has 1 unspecified atom stereocenters. The van der Waals surface area contributed by atoms with Crippen molar-refractivity contribution in [3.05, 3.63) is 0 Å². The molecule has 0 aromatic heterocycles. The molecule has 0 aliphatic carbocycles. The molecule has 0 spiro atoms. The van der Waals surface area contributed by atoms with Crippen LogP contribution in [0, 0.1) is 0 Å². The molecule has 82 valence electrons. The van der Waals surface area contributed by atoms with Crippen LogP contribution in [0.25, 0.3) is 0 Å². The lowest BCUT2D eigenvalue weighted by Crippen LogP contribution is -2.18. The topological polar surface area (TPSA) is 26.0 Å². The van der Waals surface area contributed by atoms with Gasteiger partial charge in [-0.1, -0.05) is 59.8 Å². The summed E-state index contributed by atoms with van der Waals surface area (Å²) in [5.74, 6) is 0. The van der Waals surface area contributed by atoms with E-state index in [9.17, 15) is 0 Å². The monoisotopic (exact) mass is 187 g/mol. The number of hydrogen-bond acceptors (Lipinski definition) is 1. The number of nitrogens with two attached hydrogens (primary N) is 1. The lowest BCUT2D eigenvalue weighted by atomic mass is 10.1. The lowest BCUT2D eigenvalue weighted by molar-refractivity contribution is 0.535. The van der Waals surface area contributed by atoms with Crippen LogP contribution in [0.4, 0.5) is 0 Å². The summed E-state index contributed by atoms with van der Waals surface area (Å²) in [6.07, 6.45) is 8.84. The highest BCUT2D eigenvalue weighted by Crippen LogP contribution is 2.02. The second-order valence-electron chi connectivity index (χ2n) is 3.69. The standard InChI is InChI=1S/C8H19N.C4H10/c1-3-5-7-8(9)6-4-2;1-3-4-2/h8H,3-7,9H2,1-2H3;3-4H2,1-2H3. The van der Waals surface area contributed by atoms with E-state index in [1.54, 1.807) is 0 Å². The molecule has 1 heteroatoms. The second kappa shape index (κ2) is 14.5. The zero-order chi connectivity index (χ0) is 10.5. The van der Waals surface area contributed by atoms with Crippen molar-refractivity contribution in [2.24, 2.45) is 5.73 Å². The first-order valence-electron chi connectivity index (χ1n) is 5.98. The van der Waals surface area contributed by atoms with Gasteiger partial charge in [-0.25, -0.2) is 0 Å². The smallest absolute Gasteiger partial charge is 0.00387 e. The molecule has 0 saturated carbocycles. The van der Waals surface area contributed by atoms with Crippen LogP contribution in [-0.2, 0) is 0 Å². The molecule has 13 heavy (non-hydrogen) atoms. The minimum Gasteiger partial charge on any atom is -0.328 e. The van der Waals surface area contributed by atoms with E-state index in [2.05, 4.69) is 27.7 Å². The molecular formula is C12H29N. The Morgan fingerprint density at radius 1 is 0.769 bits per heavy atom. The quantitative estimate of drug-likeness (QED) is 0.665. The largest absolute Gasteiger partial charge is 0.328 e. The Balaban J connectivity index is 0. The predicted octanol–water partition coefficient (Wildman–Crippen LogP) is 4.11. The summed E-state index contributed by atoms with van der Waals surface area (Å²) in [6.45, 7) is 8.75. The zero-order valence-corrected chi connectivity index (χ0v) is 10.1. The van der Waals surface area contributed by atoms with Crippen molar-refractivity contribution in [2.75, 3.05) is 0 Å². The number of rotatable bonds is 6. The van der Waals surface area contributed by atoms with Crippen LogP contribution >= 0.6 is 0 Å². The minimum atomic E-state index is 0.468. The summed E-state index contributed by atoms with van der Waals surface area (Å²) in [5, 5.41) is 0. The van der Waals surface area contributed by atoms with Gasteiger partial charge in [0.1, 0.15) is 0 Å². The van der Waals surface area contributed by atoms with Crippen LogP contribution in [0.1, 0.15) is 72.6 Å². The summed E-state index contributed by atoms with van der Waals surface area (Å²) in [7, 11) is 0. The number of hydrogen-bond donors (Lipinski definition) is 1. The zero-order valence-electron chi connectivity index (χ0n) is 10.1. The molecule has 0 bridgehead atoms. The summed E-state index contributed by atoms with van der Waals surface area (Å²) in [6, 6.07) is 0.468. The molecule has 0 aliphatic heterocycles. The summed E-state index contributed by atoms with van der Waals surface area (Å²) >= 11 is 0. The van der Waals surface area contributed by atoms with Crippen molar-refractivity contribution in [3.63, 3.8) is 0 Å². The van der Waals surface area contributed by atoms with Crippen LogP contribution in [0.15, 0.2) is 0 Å². The predicted molar refractivity (Wildman–Crippen MR) is 63.0 cm³/mol. The van der Waals surface area contributed by atoms with Crippen molar-refractivity contribution in [2.45, 2.75) is 78.7 Å². The van der Waals surface area contributed by atoms with Gasteiger partial charge in [0.05, 0.1) is 0 Å². The molecule has 0 radical (unpaired) electrons. The maximum absolute atomic E-state index is 5.77. The van der Waals surface area contributed by atoms with Gasteiger partial charge < -0.3 is 5.73 Å². The molecule has 2 N–H and O–H groups in total. The maximum atomic E-state index is 5.77. The Labute approximate surface area is 85.1 Å². The molecule has 0 aliphatic rings. The van der Waals surface area contributed by atoms with Crippen molar-refractivity contribution < 1.29 is 0 Å². The molecule has 0 aromatic carbocycles. The fourth-order valence-corrected chi connectivity index (χ4v) is 0.981. The van der Waals surface area contributed by atoms with Gasteiger partial charge in [0.25, 0.3) is 0 Å². The maximum Gasteiger partial charge on any atom is 0.00387 e. The molecule has 0 rings (SSSR count). The molecule has 0 saturated heterocycles. The summed E-state index contributed by atoms with van der Waals surface area (Å²) < 4.78 is 0. The van der Waals surface area contributed by atoms with E-state index in [-0.39, 0.29) is 0 Å². The fraction of sp³-hybridized carbons (Fsp3) is 1.00. The van der Waals surface area contributed by atoms with E-state index in [4.69, 9.17) is 5.73 Å². The molecule has 1 nitrogen and oxygen atoms in total. The third-order valence-electron chi connectivity index (χ3n) is 2.09. The highest BCUT2D eigenvalue weighted by Gasteiger charge is 1.97. The third-order valence-corrected chi connectivity index (χ3v) is 2.09. The Bertz CT molecular complexity index is 69.5. The van der Waals surface area contributed by atoms with Gasteiger partial charge >= 0.3 is 0 Å². The number of unbranched alkanes of at least 4 members (excludes halogenated alkanes) is 2. The van der Waals surface area contributed by atoms with E-state index >= 15 is 0 Å². The SMILES string of the molecule is CCCC.CCCCC(N)CCC. The third kappa shape index (κ3) is 18.7. The molecule has 0 fully saturated rings. The van der Waals surface area contributed by atoms with Crippen molar-refractivity contribution in [1.82, 2.24) is 0 Å². The van der Waals surface area contributed by atoms with Gasteiger partial charge in [-0.2, -0.15) is 0 Å². The Hall–Kier alpha value is -0.0400. The van der Waals surface area contributed by atoms with Crippen LogP contribution < -0.4 is 5.73 Å². The second-order valence-corrected chi connectivity index (χ2v) is 3.69. The minimum absolute atomic E-state index is 0.468. The van der Waals surface area contributed by atoms with Gasteiger partial charge in [-0.3, -0.25) is 0 Å². The van der Waals surface area contributed by atoms with Gasteiger partial charge in [-0.15, -0.1) is 0 Å². The van der Waals surface area contributed by atoms with E-state index in [1.807, 2.05) is 0 Å². The Morgan fingerprint density at radius 3 is 1.62 bits per heavy atom. The lowest BCUT2D eigenvalue weighted by Gasteiger charge is -2.07.